The summed E-state index contributed by atoms with van der Waals surface area (Å²) in [5, 5.41) is 3.13. The molecule has 182 valence electrons. The van der Waals surface area contributed by atoms with Gasteiger partial charge in [-0.15, -0.1) is 0 Å². The van der Waals surface area contributed by atoms with Crippen LogP contribution in [0.1, 0.15) is 54.1 Å². The van der Waals surface area contributed by atoms with Crippen LogP contribution in [0.5, 0.6) is 11.5 Å². The second kappa shape index (κ2) is 10.1. The Hall–Kier alpha value is -3.00. The summed E-state index contributed by atoms with van der Waals surface area (Å²) >= 11 is 0. The fraction of sp³-hybridized carbons (Fsp3) is 0.538. The van der Waals surface area contributed by atoms with E-state index in [4.69, 9.17) is 13.9 Å². The lowest BCUT2D eigenvalue weighted by atomic mass is 9.94. The average Bonchev–Trinajstić information content (AvgIpc) is 3.60. The smallest absolute Gasteiger partial charge is 0.257 e. The van der Waals surface area contributed by atoms with Gasteiger partial charge in [-0.1, -0.05) is 6.07 Å². The number of ether oxygens (including phenoxy) is 2. The molecule has 0 spiro atoms. The van der Waals surface area contributed by atoms with Gasteiger partial charge >= 0.3 is 0 Å². The third kappa shape index (κ3) is 4.64. The summed E-state index contributed by atoms with van der Waals surface area (Å²) in [7, 11) is 1.66. The van der Waals surface area contributed by atoms with Crippen molar-refractivity contribution in [1.82, 2.24) is 15.1 Å². The highest BCUT2D eigenvalue weighted by atomic mass is 16.5. The number of furan rings is 1. The summed E-state index contributed by atoms with van der Waals surface area (Å²) < 4.78 is 16.8. The van der Waals surface area contributed by atoms with Gasteiger partial charge in [0.15, 0.2) is 11.5 Å². The standard InChI is InChI=1S/C26H33N3O5/c1-32-23-7-6-18-14-24(23)34-11-3-2-9-28(26(31)19-8-12-33-17-19)16-25(30)27-15-20-13-22(18)29-10-4-5-21(20)29/h6-8,12,14,17,20-22H,2-5,9-11,13,15-16H2,1H3,(H,27,30)/t20-,21+,22-/m1/s1. The SMILES string of the molecule is COc1ccc2cc1OCCCCN(C(=O)c1ccoc1)CC(=O)NC[C@H]1C[C@H]2N2CCC[C@@H]12. The Kier molecular flexibility index (Phi) is 6.76. The molecule has 0 aliphatic carbocycles. The van der Waals surface area contributed by atoms with Crippen molar-refractivity contribution >= 4 is 11.8 Å². The molecule has 5 rings (SSSR count). The molecule has 2 fully saturated rings. The topological polar surface area (TPSA) is 84.2 Å². The van der Waals surface area contributed by atoms with E-state index in [9.17, 15) is 9.59 Å². The van der Waals surface area contributed by atoms with Crippen molar-refractivity contribution in [2.75, 3.05) is 39.9 Å². The zero-order valence-electron chi connectivity index (χ0n) is 19.7. The van der Waals surface area contributed by atoms with E-state index in [0.29, 0.717) is 43.3 Å². The van der Waals surface area contributed by atoms with Gasteiger partial charge in [-0.05, 0) is 68.3 Å². The third-order valence-corrected chi connectivity index (χ3v) is 7.42. The fourth-order valence-electron chi connectivity index (χ4n) is 5.73. The molecule has 8 heteroatoms. The number of hydrogen-bond donors (Lipinski definition) is 1. The molecule has 3 aliphatic rings. The van der Waals surface area contributed by atoms with Crippen LogP contribution in [0, 0.1) is 5.92 Å². The summed E-state index contributed by atoms with van der Waals surface area (Å²) in [5.74, 6) is 1.59. The van der Waals surface area contributed by atoms with E-state index in [-0.39, 0.29) is 18.4 Å². The zero-order valence-corrected chi connectivity index (χ0v) is 19.7. The van der Waals surface area contributed by atoms with E-state index in [1.165, 1.54) is 24.5 Å². The number of nitrogens with one attached hydrogen (secondary N) is 1. The maximum Gasteiger partial charge on any atom is 0.257 e. The van der Waals surface area contributed by atoms with Gasteiger partial charge in [-0.25, -0.2) is 0 Å². The molecular formula is C26H33N3O5. The minimum atomic E-state index is -0.191. The lowest BCUT2D eigenvalue weighted by molar-refractivity contribution is -0.122. The Morgan fingerprint density at radius 1 is 1.18 bits per heavy atom. The highest BCUT2D eigenvalue weighted by molar-refractivity contribution is 5.96. The molecule has 2 saturated heterocycles. The van der Waals surface area contributed by atoms with Crippen molar-refractivity contribution in [3.63, 3.8) is 0 Å². The first-order chi connectivity index (χ1) is 16.6. The second-order valence-electron chi connectivity index (χ2n) is 9.47. The molecule has 4 bridgehead atoms. The number of carbonyl (C=O) groups is 2. The van der Waals surface area contributed by atoms with Crippen molar-refractivity contribution in [3.05, 3.63) is 47.9 Å². The molecule has 1 aromatic carbocycles. The Morgan fingerprint density at radius 3 is 2.91 bits per heavy atom. The molecule has 4 heterocycles. The van der Waals surface area contributed by atoms with E-state index in [2.05, 4.69) is 22.3 Å². The van der Waals surface area contributed by atoms with Crippen LogP contribution >= 0.6 is 0 Å². The molecular weight excluding hydrogens is 434 g/mol. The lowest BCUT2D eigenvalue weighted by Crippen LogP contribution is -2.43. The Bertz CT molecular complexity index is 1010. The molecule has 34 heavy (non-hydrogen) atoms. The summed E-state index contributed by atoms with van der Waals surface area (Å²) in [6.45, 7) is 2.74. The van der Waals surface area contributed by atoms with E-state index in [1.807, 2.05) is 6.07 Å². The first-order valence-electron chi connectivity index (χ1n) is 12.3. The van der Waals surface area contributed by atoms with Crippen LogP contribution in [-0.4, -0.2) is 67.6 Å². The Morgan fingerprint density at radius 2 is 2.09 bits per heavy atom. The molecule has 1 aromatic heterocycles. The van der Waals surface area contributed by atoms with Gasteiger partial charge in [-0.3, -0.25) is 14.5 Å². The maximum absolute atomic E-state index is 13.0. The molecule has 0 unspecified atom stereocenters. The predicted molar refractivity (Wildman–Crippen MR) is 126 cm³/mol. The van der Waals surface area contributed by atoms with Gasteiger partial charge in [0.25, 0.3) is 5.91 Å². The molecule has 0 radical (unpaired) electrons. The first-order valence-corrected chi connectivity index (χ1v) is 12.3. The predicted octanol–water partition coefficient (Wildman–Crippen LogP) is 3.24. The molecule has 2 amide bonds. The Labute approximate surface area is 200 Å². The van der Waals surface area contributed by atoms with Crippen molar-refractivity contribution in [2.45, 2.75) is 44.2 Å². The monoisotopic (exact) mass is 467 g/mol. The van der Waals surface area contributed by atoms with Gasteiger partial charge in [0.2, 0.25) is 5.91 Å². The van der Waals surface area contributed by atoms with Gasteiger partial charge in [0.05, 0.1) is 32.1 Å². The van der Waals surface area contributed by atoms with Crippen molar-refractivity contribution in [3.8, 4) is 11.5 Å². The molecule has 8 nitrogen and oxygen atoms in total. The van der Waals surface area contributed by atoms with Gasteiger partial charge < -0.3 is 24.1 Å². The van der Waals surface area contributed by atoms with E-state index in [1.54, 1.807) is 18.1 Å². The number of benzene rings is 1. The third-order valence-electron chi connectivity index (χ3n) is 7.42. The largest absolute Gasteiger partial charge is 0.493 e. The van der Waals surface area contributed by atoms with Gasteiger partial charge in [0, 0.05) is 25.2 Å². The molecule has 2 aromatic rings. The zero-order chi connectivity index (χ0) is 23.5. The number of fused-ring (bicyclic) bond motifs is 8. The average molecular weight is 468 g/mol. The molecule has 0 saturated carbocycles. The van der Waals surface area contributed by atoms with Gasteiger partial charge in [0.1, 0.15) is 6.26 Å². The summed E-state index contributed by atoms with van der Waals surface area (Å²) in [6.07, 6.45) is 7.70. The number of hydrogen-bond acceptors (Lipinski definition) is 6. The van der Waals surface area contributed by atoms with Gasteiger partial charge in [-0.2, -0.15) is 0 Å². The number of methoxy groups -OCH3 is 1. The molecule has 1 N–H and O–H groups in total. The number of carbonyl (C=O) groups excluding carboxylic acids is 2. The van der Waals surface area contributed by atoms with Crippen LogP contribution in [0.4, 0.5) is 0 Å². The quantitative estimate of drug-likeness (QED) is 0.730. The van der Waals surface area contributed by atoms with Crippen molar-refractivity contribution in [1.29, 1.82) is 0 Å². The molecule has 3 aliphatic heterocycles. The van der Waals surface area contributed by atoms with Crippen LogP contribution in [0.15, 0.2) is 41.2 Å². The highest BCUT2D eigenvalue weighted by Gasteiger charge is 2.44. The minimum Gasteiger partial charge on any atom is -0.493 e. The van der Waals surface area contributed by atoms with Crippen LogP contribution in [0.3, 0.4) is 0 Å². The minimum absolute atomic E-state index is 0.0439. The summed E-state index contributed by atoms with van der Waals surface area (Å²) in [5.41, 5.74) is 1.71. The number of rotatable bonds is 2. The maximum atomic E-state index is 13.0. The molecule has 3 atom stereocenters. The summed E-state index contributed by atoms with van der Waals surface area (Å²) in [6, 6.07) is 8.69. The van der Waals surface area contributed by atoms with Crippen molar-refractivity contribution in [2.24, 2.45) is 5.92 Å². The first kappa shape index (κ1) is 22.8. The van der Waals surface area contributed by atoms with Crippen LogP contribution in [0.2, 0.25) is 0 Å². The fourth-order valence-corrected chi connectivity index (χ4v) is 5.73. The number of amides is 2. The van der Waals surface area contributed by atoms with E-state index >= 15 is 0 Å². The second-order valence-corrected chi connectivity index (χ2v) is 9.47. The lowest BCUT2D eigenvalue weighted by Gasteiger charge is -2.25. The van der Waals surface area contributed by atoms with E-state index < -0.39 is 0 Å². The highest BCUT2D eigenvalue weighted by Crippen LogP contribution is 2.46. The van der Waals surface area contributed by atoms with Crippen LogP contribution in [0.25, 0.3) is 0 Å². The normalized spacial score (nSPS) is 26.0. The van der Waals surface area contributed by atoms with Crippen LogP contribution < -0.4 is 14.8 Å². The Balaban J connectivity index is 1.38. The number of nitrogens with zero attached hydrogens (tertiary/aromatic N) is 2. The van der Waals surface area contributed by atoms with Crippen LogP contribution in [-0.2, 0) is 4.79 Å². The van der Waals surface area contributed by atoms with E-state index in [0.717, 1.165) is 43.7 Å². The van der Waals surface area contributed by atoms with Crippen molar-refractivity contribution < 1.29 is 23.5 Å². The summed E-state index contributed by atoms with van der Waals surface area (Å²) in [4.78, 5) is 30.0.